The van der Waals surface area contributed by atoms with E-state index in [1.807, 2.05) is 13.8 Å². The third-order valence-corrected chi connectivity index (χ3v) is 4.07. The van der Waals surface area contributed by atoms with Gasteiger partial charge >= 0.3 is 0 Å². The van der Waals surface area contributed by atoms with E-state index in [0.29, 0.717) is 41.8 Å². The fraction of sp³-hybridized carbons (Fsp3) is 0.611. The van der Waals surface area contributed by atoms with Crippen molar-refractivity contribution in [3.8, 4) is 11.5 Å². The van der Waals surface area contributed by atoms with Gasteiger partial charge in [-0.2, -0.15) is 0 Å². The summed E-state index contributed by atoms with van der Waals surface area (Å²) >= 11 is 6.31. The van der Waals surface area contributed by atoms with Crippen LogP contribution in [0.4, 0.5) is 0 Å². The Morgan fingerprint density at radius 3 is 2.52 bits per heavy atom. The van der Waals surface area contributed by atoms with E-state index in [-0.39, 0.29) is 23.7 Å². The van der Waals surface area contributed by atoms with Crippen LogP contribution in [0.3, 0.4) is 0 Å². The van der Waals surface area contributed by atoms with Crippen LogP contribution in [0.25, 0.3) is 0 Å². The van der Waals surface area contributed by atoms with E-state index < -0.39 is 0 Å². The molecule has 144 valence electrons. The minimum absolute atomic E-state index is 0. The Labute approximate surface area is 162 Å². The van der Waals surface area contributed by atoms with Crippen molar-refractivity contribution in [2.45, 2.75) is 33.6 Å². The van der Waals surface area contributed by atoms with E-state index in [1.54, 1.807) is 24.1 Å². The molecule has 0 fully saturated rings. The predicted octanol–water partition coefficient (Wildman–Crippen LogP) is 4.01. The van der Waals surface area contributed by atoms with Gasteiger partial charge in [0.05, 0.1) is 18.7 Å². The van der Waals surface area contributed by atoms with Crippen LogP contribution in [0.15, 0.2) is 12.1 Å². The first-order chi connectivity index (χ1) is 11.3. The summed E-state index contributed by atoms with van der Waals surface area (Å²) in [5.74, 6) is 0.819. The topological polar surface area (TPSA) is 64.8 Å². The quantitative estimate of drug-likeness (QED) is 0.644. The van der Waals surface area contributed by atoms with E-state index in [9.17, 15) is 4.79 Å². The van der Waals surface area contributed by atoms with Crippen LogP contribution in [-0.4, -0.2) is 44.7 Å². The largest absolute Gasteiger partial charge is 0.493 e. The maximum Gasteiger partial charge on any atom is 0.253 e. The minimum Gasteiger partial charge on any atom is -0.493 e. The highest BCUT2D eigenvalue weighted by Gasteiger charge is 2.23. The molecular weight excluding hydrogens is 363 g/mol. The molecule has 5 nitrogen and oxygen atoms in total. The van der Waals surface area contributed by atoms with Gasteiger partial charge in [-0.3, -0.25) is 4.79 Å². The molecule has 0 saturated heterocycles. The van der Waals surface area contributed by atoms with Crippen LogP contribution in [0.1, 0.15) is 44.0 Å². The van der Waals surface area contributed by atoms with Crippen molar-refractivity contribution >= 4 is 29.9 Å². The molecule has 25 heavy (non-hydrogen) atoms. The molecule has 0 aliphatic rings. The first kappa shape index (κ1) is 23.8. The van der Waals surface area contributed by atoms with Gasteiger partial charge in [0.25, 0.3) is 5.91 Å². The van der Waals surface area contributed by atoms with Crippen LogP contribution >= 0.6 is 24.0 Å². The highest BCUT2D eigenvalue weighted by molar-refractivity contribution is 6.32. The van der Waals surface area contributed by atoms with Gasteiger partial charge in [0, 0.05) is 19.2 Å². The van der Waals surface area contributed by atoms with E-state index in [2.05, 4.69) is 6.92 Å². The van der Waals surface area contributed by atoms with Crippen molar-refractivity contribution in [3.05, 3.63) is 22.7 Å². The molecule has 0 bridgehead atoms. The molecule has 0 spiro atoms. The summed E-state index contributed by atoms with van der Waals surface area (Å²) in [5.41, 5.74) is 6.06. The van der Waals surface area contributed by atoms with Crippen LogP contribution in [-0.2, 0) is 0 Å². The zero-order chi connectivity index (χ0) is 18.3. The summed E-state index contributed by atoms with van der Waals surface area (Å²) in [6.07, 6.45) is 1.95. The van der Waals surface area contributed by atoms with Gasteiger partial charge in [-0.1, -0.05) is 38.8 Å². The van der Waals surface area contributed by atoms with Crippen LogP contribution < -0.4 is 15.2 Å². The van der Waals surface area contributed by atoms with E-state index in [0.717, 1.165) is 12.8 Å². The number of rotatable bonds is 9. The Kier molecular flexibility index (Phi) is 10.2. The lowest BCUT2D eigenvalue weighted by atomic mass is 9.93. The standard InChI is InChI=1S/C18H29ClN2O3.ClH/c1-6-7-8-24-16-14(19)9-13(10-15(16)23-5)17(22)21(4)12-18(2,3)11-20;/h9-10H,6-8,11-12,20H2,1-5H3;1H. The Morgan fingerprint density at radius 2 is 2.00 bits per heavy atom. The average Bonchev–Trinajstić information content (AvgIpc) is 2.54. The highest BCUT2D eigenvalue weighted by Crippen LogP contribution is 2.37. The maximum absolute atomic E-state index is 12.7. The van der Waals surface area contributed by atoms with Gasteiger partial charge in [0.1, 0.15) is 0 Å². The lowest BCUT2D eigenvalue weighted by molar-refractivity contribution is 0.0740. The van der Waals surface area contributed by atoms with Gasteiger partial charge in [0.2, 0.25) is 0 Å². The maximum atomic E-state index is 12.7. The Bertz CT molecular complexity index is 565. The van der Waals surface area contributed by atoms with Crippen LogP contribution in [0.2, 0.25) is 5.02 Å². The fourth-order valence-electron chi connectivity index (χ4n) is 2.30. The second kappa shape index (κ2) is 10.7. The van der Waals surface area contributed by atoms with E-state index in [1.165, 1.54) is 7.11 Å². The molecule has 7 heteroatoms. The fourth-order valence-corrected chi connectivity index (χ4v) is 2.57. The second-order valence-electron chi connectivity index (χ2n) is 6.72. The Balaban J connectivity index is 0.00000576. The summed E-state index contributed by atoms with van der Waals surface area (Å²) in [6.45, 7) is 7.74. The van der Waals surface area contributed by atoms with Crippen molar-refractivity contribution in [1.82, 2.24) is 4.90 Å². The molecular formula is C18H30Cl2N2O3. The first-order valence-electron chi connectivity index (χ1n) is 8.21. The molecule has 0 saturated carbocycles. The molecule has 0 aliphatic carbocycles. The third-order valence-electron chi connectivity index (χ3n) is 3.79. The third kappa shape index (κ3) is 6.92. The van der Waals surface area contributed by atoms with Gasteiger partial charge in [-0.05, 0) is 30.5 Å². The summed E-state index contributed by atoms with van der Waals surface area (Å²) in [5, 5.41) is 0.375. The van der Waals surface area contributed by atoms with Gasteiger partial charge in [-0.25, -0.2) is 0 Å². The minimum atomic E-state index is -0.151. The van der Waals surface area contributed by atoms with E-state index >= 15 is 0 Å². The molecule has 1 aromatic rings. The summed E-state index contributed by atoms with van der Waals surface area (Å²) in [6, 6.07) is 3.29. The second-order valence-corrected chi connectivity index (χ2v) is 7.13. The monoisotopic (exact) mass is 392 g/mol. The summed E-state index contributed by atoms with van der Waals surface area (Å²) in [7, 11) is 3.29. The molecule has 1 aromatic carbocycles. The number of nitrogens with two attached hydrogens (primary N) is 1. The molecule has 1 rings (SSSR count). The van der Waals surface area contributed by atoms with Gasteiger partial charge in [0.15, 0.2) is 11.5 Å². The molecule has 0 atom stereocenters. The van der Waals surface area contributed by atoms with E-state index in [4.69, 9.17) is 26.8 Å². The number of amides is 1. The van der Waals surface area contributed by atoms with Crippen molar-refractivity contribution < 1.29 is 14.3 Å². The zero-order valence-electron chi connectivity index (χ0n) is 15.7. The summed E-state index contributed by atoms with van der Waals surface area (Å²) < 4.78 is 11.0. The zero-order valence-corrected chi connectivity index (χ0v) is 17.3. The number of carbonyl (C=O) groups excluding carboxylic acids is 1. The van der Waals surface area contributed by atoms with Gasteiger partial charge in [-0.15, -0.1) is 12.4 Å². The molecule has 0 aliphatic heterocycles. The molecule has 0 radical (unpaired) electrons. The lowest BCUT2D eigenvalue weighted by Gasteiger charge is -2.29. The average molecular weight is 393 g/mol. The number of halogens is 2. The first-order valence-corrected chi connectivity index (χ1v) is 8.59. The number of ether oxygens (including phenoxy) is 2. The normalized spacial score (nSPS) is 10.8. The number of methoxy groups -OCH3 is 1. The molecule has 1 amide bonds. The Hall–Kier alpha value is -1.17. The molecule has 0 unspecified atom stereocenters. The number of benzene rings is 1. The van der Waals surface area contributed by atoms with Crippen LogP contribution in [0, 0.1) is 5.41 Å². The number of unbranched alkanes of at least 4 members (excludes halogenated alkanes) is 1. The Morgan fingerprint density at radius 1 is 1.36 bits per heavy atom. The molecule has 0 heterocycles. The number of hydrogen-bond donors (Lipinski definition) is 1. The smallest absolute Gasteiger partial charge is 0.253 e. The number of carbonyl (C=O) groups is 1. The molecule has 2 N–H and O–H groups in total. The summed E-state index contributed by atoms with van der Waals surface area (Å²) in [4.78, 5) is 14.3. The lowest BCUT2D eigenvalue weighted by Crippen LogP contribution is -2.39. The van der Waals surface area contributed by atoms with Crippen molar-refractivity contribution in [2.75, 3.05) is 33.9 Å². The predicted molar refractivity (Wildman–Crippen MR) is 105 cm³/mol. The van der Waals surface area contributed by atoms with Crippen LogP contribution in [0.5, 0.6) is 11.5 Å². The number of nitrogens with zero attached hydrogens (tertiary/aromatic N) is 1. The van der Waals surface area contributed by atoms with Crippen molar-refractivity contribution in [1.29, 1.82) is 0 Å². The van der Waals surface area contributed by atoms with Gasteiger partial charge < -0.3 is 20.1 Å². The van der Waals surface area contributed by atoms with Crippen molar-refractivity contribution in [3.63, 3.8) is 0 Å². The SMILES string of the molecule is CCCCOc1c(Cl)cc(C(=O)N(C)CC(C)(C)CN)cc1OC.Cl. The molecule has 0 aromatic heterocycles. The highest BCUT2D eigenvalue weighted by atomic mass is 35.5. The van der Waals surface area contributed by atoms with Crippen molar-refractivity contribution in [2.24, 2.45) is 11.1 Å². The number of hydrogen-bond acceptors (Lipinski definition) is 4.